The third-order valence-corrected chi connectivity index (χ3v) is 6.90. The minimum absolute atomic E-state index is 0.0238. The molecule has 1 aromatic heterocycles. The van der Waals surface area contributed by atoms with Gasteiger partial charge in [-0.1, -0.05) is 24.3 Å². The Morgan fingerprint density at radius 2 is 2.00 bits per heavy atom. The lowest BCUT2D eigenvalue weighted by atomic mass is 9.98. The van der Waals surface area contributed by atoms with Crippen molar-refractivity contribution in [2.24, 2.45) is 0 Å². The fourth-order valence-corrected chi connectivity index (χ4v) is 5.19. The summed E-state index contributed by atoms with van der Waals surface area (Å²) in [5.74, 6) is 0.641. The van der Waals surface area contributed by atoms with E-state index in [0.29, 0.717) is 31.8 Å². The van der Waals surface area contributed by atoms with Crippen molar-refractivity contribution in [1.29, 1.82) is 0 Å². The first-order valence-electron chi connectivity index (χ1n) is 11.0. The zero-order chi connectivity index (χ0) is 21.6. The van der Waals surface area contributed by atoms with E-state index in [1.54, 1.807) is 18.3 Å². The van der Waals surface area contributed by atoms with Crippen molar-refractivity contribution in [2.75, 3.05) is 26.2 Å². The van der Waals surface area contributed by atoms with Crippen LogP contribution in [0, 0.1) is 0 Å². The molecule has 0 saturated carbocycles. The van der Waals surface area contributed by atoms with Crippen LogP contribution in [0.1, 0.15) is 55.8 Å². The van der Waals surface area contributed by atoms with Crippen LogP contribution in [0.3, 0.4) is 0 Å². The van der Waals surface area contributed by atoms with Crippen LogP contribution in [0.25, 0.3) is 5.57 Å². The van der Waals surface area contributed by atoms with E-state index in [1.807, 2.05) is 40.1 Å². The Labute approximate surface area is 187 Å². The van der Waals surface area contributed by atoms with Crippen LogP contribution in [0.5, 0.6) is 5.75 Å². The normalized spacial score (nSPS) is 19.5. The van der Waals surface area contributed by atoms with E-state index in [0.717, 1.165) is 23.5 Å². The molecule has 7 heteroatoms. The lowest BCUT2D eigenvalue weighted by Crippen LogP contribution is -2.40. The molecule has 4 rings (SSSR count). The second-order valence-corrected chi connectivity index (χ2v) is 8.94. The van der Waals surface area contributed by atoms with Gasteiger partial charge < -0.3 is 14.5 Å². The molecule has 31 heavy (non-hydrogen) atoms. The Balaban J connectivity index is 1.53. The van der Waals surface area contributed by atoms with Crippen molar-refractivity contribution in [1.82, 2.24) is 14.8 Å². The van der Waals surface area contributed by atoms with Gasteiger partial charge in [-0.15, -0.1) is 11.3 Å². The smallest absolute Gasteiger partial charge is 0.261 e. The van der Waals surface area contributed by atoms with Gasteiger partial charge in [-0.25, -0.2) is 4.98 Å². The molecule has 1 aliphatic heterocycles. The number of carbonyl (C=O) groups excluding carboxylic acids is 2. The Bertz CT molecular complexity index is 941. The Morgan fingerprint density at radius 3 is 2.74 bits per heavy atom. The van der Waals surface area contributed by atoms with E-state index in [4.69, 9.17) is 9.72 Å². The average molecular weight is 440 g/mol. The lowest BCUT2D eigenvalue weighted by molar-refractivity contribution is -0.136. The Hall–Kier alpha value is -2.67. The molecule has 2 aliphatic rings. The van der Waals surface area contributed by atoms with Gasteiger partial charge in [0.2, 0.25) is 5.91 Å². The fraction of sp³-hybridized carbons (Fsp3) is 0.458. The molecule has 1 aromatic carbocycles. The van der Waals surface area contributed by atoms with Crippen molar-refractivity contribution >= 4 is 28.7 Å². The number of hydrogen-bond acceptors (Lipinski definition) is 5. The summed E-state index contributed by atoms with van der Waals surface area (Å²) in [5, 5.41) is 3.06. The van der Waals surface area contributed by atoms with E-state index >= 15 is 0 Å². The molecule has 0 bridgehead atoms. The number of carbonyl (C=O) groups is 2. The predicted molar refractivity (Wildman–Crippen MR) is 122 cm³/mol. The molecule has 2 amide bonds. The van der Waals surface area contributed by atoms with Crippen LogP contribution in [0.15, 0.2) is 41.8 Å². The monoisotopic (exact) mass is 439 g/mol. The molecule has 6 nitrogen and oxygen atoms in total. The number of nitrogens with zero attached hydrogens (tertiary/aromatic N) is 3. The van der Waals surface area contributed by atoms with Crippen molar-refractivity contribution in [3.05, 3.63) is 52.5 Å². The van der Waals surface area contributed by atoms with Crippen molar-refractivity contribution in [2.45, 2.75) is 45.1 Å². The maximum absolute atomic E-state index is 13.2. The third-order valence-electron chi connectivity index (χ3n) is 5.96. The zero-order valence-electron chi connectivity index (χ0n) is 18.0. The minimum atomic E-state index is -0.140. The van der Waals surface area contributed by atoms with E-state index < -0.39 is 0 Å². The summed E-state index contributed by atoms with van der Waals surface area (Å²) in [6.45, 7) is 3.21. The van der Waals surface area contributed by atoms with Crippen molar-refractivity contribution in [3.63, 3.8) is 0 Å². The number of ether oxygens (including phenoxy) is 1. The SMILES string of the molecule is CC(=O)N1CCC(c2nc(C3=CCCCC3)cs2)N(C(=O)COc2ccccc2)CC1. The number of allylic oxidation sites excluding steroid dienone is 2. The number of rotatable bonds is 5. The zero-order valence-corrected chi connectivity index (χ0v) is 18.8. The van der Waals surface area contributed by atoms with Crippen molar-refractivity contribution in [3.8, 4) is 5.75 Å². The quantitative estimate of drug-likeness (QED) is 0.697. The van der Waals surface area contributed by atoms with Crippen molar-refractivity contribution < 1.29 is 14.3 Å². The van der Waals surface area contributed by atoms with E-state index in [1.165, 1.54) is 18.4 Å². The first-order chi connectivity index (χ1) is 15.1. The van der Waals surface area contributed by atoms with Crippen LogP contribution >= 0.6 is 11.3 Å². The predicted octanol–water partition coefficient (Wildman–Crippen LogP) is 4.30. The molecule has 0 spiro atoms. The summed E-state index contributed by atoms with van der Waals surface area (Å²) < 4.78 is 5.72. The Morgan fingerprint density at radius 1 is 1.16 bits per heavy atom. The number of thiazole rings is 1. The molecule has 1 atom stereocenters. The highest BCUT2D eigenvalue weighted by Gasteiger charge is 2.32. The van der Waals surface area contributed by atoms with Crippen LogP contribution < -0.4 is 4.74 Å². The number of para-hydroxylation sites is 1. The van der Waals surface area contributed by atoms with Crippen LogP contribution in [-0.4, -0.2) is 52.8 Å². The molecule has 0 N–H and O–H groups in total. The molecule has 1 aliphatic carbocycles. The molecule has 1 unspecified atom stereocenters. The van der Waals surface area contributed by atoms with Gasteiger partial charge in [-0.3, -0.25) is 9.59 Å². The maximum atomic E-state index is 13.2. The van der Waals surface area contributed by atoms with Gasteiger partial charge >= 0.3 is 0 Å². The minimum Gasteiger partial charge on any atom is -0.484 e. The van der Waals surface area contributed by atoms with Crippen LogP contribution in [-0.2, 0) is 9.59 Å². The summed E-state index contributed by atoms with van der Waals surface area (Å²) in [6, 6.07) is 9.23. The topological polar surface area (TPSA) is 62.7 Å². The first kappa shape index (κ1) is 21.6. The highest BCUT2D eigenvalue weighted by Crippen LogP contribution is 2.33. The molecule has 164 valence electrons. The van der Waals surface area contributed by atoms with Gasteiger partial charge in [0.25, 0.3) is 5.91 Å². The van der Waals surface area contributed by atoms with Gasteiger partial charge in [-0.05, 0) is 49.8 Å². The largest absolute Gasteiger partial charge is 0.484 e. The van der Waals surface area contributed by atoms with E-state index in [9.17, 15) is 9.59 Å². The molecular formula is C24H29N3O3S. The summed E-state index contributed by atoms with van der Waals surface area (Å²) >= 11 is 1.61. The standard InChI is InChI=1S/C24H29N3O3S/c1-18(28)26-13-12-22(24-25-21(17-31-24)19-8-4-2-5-9-19)27(15-14-26)23(29)16-30-20-10-6-3-7-11-20/h3,6-8,10-11,17,22H,2,4-5,9,12-16H2,1H3. The van der Waals surface area contributed by atoms with Gasteiger partial charge in [0.15, 0.2) is 6.61 Å². The first-order valence-corrected chi connectivity index (χ1v) is 11.9. The van der Waals surface area contributed by atoms with Crippen LogP contribution in [0.4, 0.5) is 0 Å². The molecule has 1 saturated heterocycles. The lowest BCUT2D eigenvalue weighted by Gasteiger charge is -2.28. The van der Waals surface area contributed by atoms with Gasteiger partial charge in [-0.2, -0.15) is 0 Å². The highest BCUT2D eigenvalue weighted by molar-refractivity contribution is 7.09. The molecule has 0 radical (unpaired) electrons. The molecular weight excluding hydrogens is 410 g/mol. The fourth-order valence-electron chi connectivity index (χ4n) is 4.20. The van der Waals surface area contributed by atoms with Gasteiger partial charge in [0.1, 0.15) is 10.8 Å². The average Bonchev–Trinajstić information content (AvgIpc) is 3.18. The molecule has 2 aromatic rings. The second-order valence-electron chi connectivity index (χ2n) is 8.05. The molecule has 2 heterocycles. The number of hydrogen-bond donors (Lipinski definition) is 0. The van der Waals surface area contributed by atoms with Crippen LogP contribution in [0.2, 0.25) is 0 Å². The summed E-state index contributed by atoms with van der Waals surface area (Å²) in [4.78, 5) is 33.7. The van der Waals surface area contributed by atoms with E-state index in [2.05, 4.69) is 11.5 Å². The number of amides is 2. The third kappa shape index (κ3) is 5.34. The summed E-state index contributed by atoms with van der Waals surface area (Å²) in [7, 11) is 0. The second kappa shape index (κ2) is 10.1. The molecule has 1 fully saturated rings. The van der Waals surface area contributed by atoms with Gasteiger partial charge in [0.05, 0.1) is 11.7 Å². The van der Waals surface area contributed by atoms with E-state index in [-0.39, 0.29) is 24.5 Å². The maximum Gasteiger partial charge on any atom is 0.261 e. The van der Waals surface area contributed by atoms with Gasteiger partial charge in [0, 0.05) is 31.9 Å². The summed E-state index contributed by atoms with van der Waals surface area (Å²) in [5.41, 5.74) is 2.36. The highest BCUT2D eigenvalue weighted by atomic mass is 32.1. The summed E-state index contributed by atoms with van der Waals surface area (Å²) in [6.07, 6.45) is 7.61. The Kier molecular flexibility index (Phi) is 7.02. The number of aromatic nitrogens is 1. The number of benzene rings is 1.